The van der Waals surface area contributed by atoms with E-state index in [1.807, 2.05) is 33.8 Å². The minimum absolute atomic E-state index is 0. The normalized spacial score (nSPS) is 18.1. The molecule has 0 aromatic heterocycles. The number of nitriles is 1. The maximum absolute atomic E-state index is 11.5. The first kappa shape index (κ1) is 52.7. The summed E-state index contributed by atoms with van der Waals surface area (Å²) in [6, 6.07) is 8.76. The first-order chi connectivity index (χ1) is 19.8. The average Bonchev–Trinajstić information content (AvgIpc) is 2.98. The van der Waals surface area contributed by atoms with Crippen LogP contribution in [0.4, 0.5) is 52.7 Å². The zero-order valence-corrected chi connectivity index (χ0v) is 26.6. The second kappa shape index (κ2) is 18.8. The van der Waals surface area contributed by atoms with Gasteiger partial charge in [-0.05, 0) is 52.0 Å². The van der Waals surface area contributed by atoms with E-state index in [1.165, 1.54) is 0 Å². The molecule has 4 unspecified atom stereocenters. The largest absolute Gasteiger partial charge is 0.414 e. The Morgan fingerprint density at radius 1 is 0.688 bits per heavy atom. The number of hydrogen-bond donors (Lipinski definition) is 6. The molecule has 1 aliphatic rings. The van der Waals surface area contributed by atoms with Crippen molar-refractivity contribution in [2.24, 2.45) is 0 Å². The van der Waals surface area contributed by atoms with Gasteiger partial charge >= 0.3 is 30.5 Å². The molecule has 48 heavy (non-hydrogen) atoms. The molecule has 4 atom stereocenters. The molecule has 2 rings (SSSR count). The van der Waals surface area contributed by atoms with Gasteiger partial charge in [0.25, 0.3) is 0 Å². The summed E-state index contributed by atoms with van der Waals surface area (Å²) in [7, 11) is 0. The zero-order valence-electron chi connectivity index (χ0n) is 24.7. The van der Waals surface area contributed by atoms with Crippen LogP contribution in [0, 0.1) is 11.3 Å². The van der Waals surface area contributed by atoms with Crippen molar-refractivity contribution < 1.29 is 128 Å². The molecule has 290 valence electrons. The van der Waals surface area contributed by atoms with Crippen LogP contribution in [0.1, 0.15) is 51.7 Å². The van der Waals surface area contributed by atoms with Gasteiger partial charge in [0.2, 0.25) is 0 Å². The van der Waals surface area contributed by atoms with E-state index in [-0.39, 0.29) is 39.6 Å². The fourth-order valence-electron chi connectivity index (χ4n) is 3.03. The Morgan fingerprint density at radius 2 is 0.958 bits per heavy atom. The molecule has 1 aliphatic heterocycles. The van der Waals surface area contributed by atoms with Gasteiger partial charge in [0.1, 0.15) is 0 Å². The standard InChI is InChI=1S/C14H18N3O2.2C5H6F6O2.2Cu.H2O/c1-13(2)14(3,4)17(19)12(16(13)18)11-7-5-10(9-15)6-8-11;2*6-4(7,8)2(12)1-3(13)5(9,10)11;;;/h5-8,18-19H,1-4H3;2*2-3,12-13H,1H2;;;1H2/q+1;;;;;. The van der Waals surface area contributed by atoms with Crippen molar-refractivity contribution in [2.45, 2.75) is 101 Å². The van der Waals surface area contributed by atoms with Gasteiger partial charge < -0.3 is 31.1 Å². The fraction of sp³-hybridized carbons (Fsp3) is 0.667. The van der Waals surface area contributed by atoms with Gasteiger partial charge in [-0.1, -0.05) is 4.74 Å². The minimum atomic E-state index is -5.15. The molecule has 0 aliphatic carbocycles. The Bertz CT molecular complexity index is 1110. The van der Waals surface area contributed by atoms with Crippen molar-refractivity contribution in [3.05, 3.63) is 35.4 Å². The molecular formula is C24H32Cu2F12N3O7+. The van der Waals surface area contributed by atoms with Gasteiger partial charge in [0.15, 0.2) is 35.5 Å². The monoisotopic (exact) mass is 828 g/mol. The Kier molecular flexibility index (Phi) is 20.7. The summed E-state index contributed by atoms with van der Waals surface area (Å²) in [5, 5.41) is 63.1. The molecule has 1 aromatic carbocycles. The zero-order chi connectivity index (χ0) is 36.1. The van der Waals surface area contributed by atoms with Crippen molar-refractivity contribution in [1.29, 1.82) is 5.26 Å². The van der Waals surface area contributed by atoms with Gasteiger partial charge in [-0.15, -0.1) is 5.06 Å². The fourth-order valence-corrected chi connectivity index (χ4v) is 3.03. The molecule has 8 N–H and O–H groups in total. The summed E-state index contributed by atoms with van der Waals surface area (Å²) < 4.78 is 139. The minimum Gasteiger partial charge on any atom is -0.412 e. The van der Waals surface area contributed by atoms with E-state index in [9.17, 15) is 63.1 Å². The van der Waals surface area contributed by atoms with Crippen LogP contribution in [0.5, 0.6) is 0 Å². The molecule has 1 heterocycles. The number of aliphatic hydroxyl groups excluding tert-OH is 4. The second-order valence-corrected chi connectivity index (χ2v) is 10.5. The predicted molar refractivity (Wildman–Crippen MR) is 130 cm³/mol. The van der Waals surface area contributed by atoms with Gasteiger partial charge in [-0.3, -0.25) is 0 Å². The second-order valence-electron chi connectivity index (χ2n) is 10.5. The predicted octanol–water partition coefficient (Wildman–Crippen LogP) is 3.58. The molecule has 10 nitrogen and oxygen atoms in total. The molecule has 0 saturated carbocycles. The van der Waals surface area contributed by atoms with E-state index in [1.54, 1.807) is 24.3 Å². The Balaban J connectivity index is -0.000000303. The summed E-state index contributed by atoms with van der Waals surface area (Å²) in [6.45, 7) is 7.42. The number of halogens is 12. The molecule has 2 radical (unpaired) electrons. The van der Waals surface area contributed by atoms with Crippen LogP contribution in [0.3, 0.4) is 0 Å². The van der Waals surface area contributed by atoms with E-state index in [4.69, 9.17) is 25.7 Å². The first-order valence-corrected chi connectivity index (χ1v) is 12.2. The number of hydrogen-bond acceptors (Lipinski definition) is 8. The smallest absolute Gasteiger partial charge is 0.412 e. The molecule has 0 spiro atoms. The van der Waals surface area contributed by atoms with Crippen LogP contribution >= 0.6 is 0 Å². The van der Waals surface area contributed by atoms with E-state index < -0.39 is 73.0 Å². The molecule has 24 heteroatoms. The summed E-state index contributed by atoms with van der Waals surface area (Å²) >= 11 is 0. The number of aliphatic hydroxyl groups is 4. The Labute approximate surface area is 286 Å². The van der Waals surface area contributed by atoms with E-state index in [0.717, 1.165) is 9.80 Å². The van der Waals surface area contributed by atoms with Crippen LogP contribution in [-0.2, 0) is 34.1 Å². The number of alkyl halides is 12. The number of rotatable bonds is 5. The first-order valence-electron chi connectivity index (χ1n) is 12.2. The summed E-state index contributed by atoms with van der Waals surface area (Å²) in [5.74, 6) is 0.319. The third kappa shape index (κ3) is 14.4. The number of benzene rings is 1. The molecule has 0 bridgehead atoms. The number of amidine groups is 1. The molecule has 0 amide bonds. The van der Waals surface area contributed by atoms with Crippen molar-refractivity contribution in [3.63, 3.8) is 0 Å². The third-order valence-electron chi connectivity index (χ3n) is 6.63. The average molecular weight is 830 g/mol. The van der Waals surface area contributed by atoms with Gasteiger partial charge in [0, 0.05) is 47.0 Å². The third-order valence-corrected chi connectivity index (χ3v) is 6.63. The maximum atomic E-state index is 11.5. The maximum Gasteiger partial charge on any atom is 0.414 e. The molecular weight excluding hydrogens is 797 g/mol. The van der Waals surface area contributed by atoms with Crippen molar-refractivity contribution in [3.8, 4) is 6.07 Å². The molecule has 1 aromatic rings. The van der Waals surface area contributed by atoms with Crippen molar-refractivity contribution >= 4 is 5.84 Å². The van der Waals surface area contributed by atoms with Gasteiger partial charge in [-0.2, -0.15) is 57.9 Å². The summed E-state index contributed by atoms with van der Waals surface area (Å²) in [5.41, 5.74) is -0.104. The summed E-state index contributed by atoms with van der Waals surface area (Å²) in [6.07, 6.45) is -36.8. The van der Waals surface area contributed by atoms with Crippen LogP contribution in [0.15, 0.2) is 24.3 Å². The van der Waals surface area contributed by atoms with E-state index in [0.29, 0.717) is 17.0 Å². The van der Waals surface area contributed by atoms with Crippen molar-refractivity contribution in [1.82, 2.24) is 5.06 Å². The van der Waals surface area contributed by atoms with Crippen molar-refractivity contribution in [2.75, 3.05) is 0 Å². The van der Waals surface area contributed by atoms with E-state index in [2.05, 4.69) is 0 Å². The van der Waals surface area contributed by atoms with Crippen LogP contribution in [-0.4, -0.2) is 112 Å². The summed E-state index contributed by atoms with van der Waals surface area (Å²) in [4.78, 5) is 0. The molecule has 0 saturated heterocycles. The SMILES string of the molecule is CC1(C)N(O)C(c2ccc(C#N)cc2)=[N+](O)C1(C)C.O.OC(CC(O)C(F)(F)F)C(F)(F)F.OC(CC(O)C(F)(F)F)C(F)(F)F.[Cu].[Cu]. The molecule has 0 fully saturated rings. The van der Waals surface area contributed by atoms with Crippen LogP contribution in [0.2, 0.25) is 0 Å². The topological polar surface area (TPSA) is 183 Å². The van der Waals surface area contributed by atoms with Gasteiger partial charge in [-0.25, -0.2) is 5.21 Å². The quantitative estimate of drug-likeness (QED) is 0.113. The van der Waals surface area contributed by atoms with Gasteiger partial charge in [0.05, 0.1) is 17.2 Å². The van der Waals surface area contributed by atoms with E-state index >= 15 is 0 Å². The Morgan fingerprint density at radius 3 is 1.15 bits per heavy atom. The Hall–Kier alpha value is -2.06. The van der Waals surface area contributed by atoms with Crippen LogP contribution in [0.25, 0.3) is 0 Å². The number of nitrogens with zero attached hydrogens (tertiary/aromatic N) is 3. The van der Waals surface area contributed by atoms with Crippen LogP contribution < -0.4 is 0 Å². The number of hydroxylamine groups is 3.